The van der Waals surface area contributed by atoms with Gasteiger partial charge in [-0.2, -0.15) is 0 Å². The Balaban J connectivity index is 2.77. The number of amides is 1. The third-order valence-electron chi connectivity index (χ3n) is 2.29. The summed E-state index contributed by atoms with van der Waals surface area (Å²) in [4.78, 5) is 27.4. The number of carboxylic acid groups (broad SMARTS) is 1. The Morgan fingerprint density at radius 1 is 1.47 bits per heavy atom. The molecule has 0 aliphatic rings. The molecule has 0 radical (unpaired) electrons. The van der Waals surface area contributed by atoms with Crippen LogP contribution in [-0.2, 0) is 4.79 Å². The van der Waals surface area contributed by atoms with Crippen LogP contribution in [-0.4, -0.2) is 28.0 Å². The highest BCUT2D eigenvalue weighted by molar-refractivity contribution is 7.13. The van der Waals surface area contributed by atoms with Crippen molar-refractivity contribution in [2.24, 2.45) is 0 Å². The number of aryl methyl sites for hydroxylation is 2. The molecule has 0 bridgehead atoms. The smallest absolute Gasteiger partial charge is 0.326 e. The van der Waals surface area contributed by atoms with E-state index < -0.39 is 12.0 Å². The minimum Gasteiger partial charge on any atom is -0.480 e. The van der Waals surface area contributed by atoms with Crippen LogP contribution in [0.3, 0.4) is 0 Å². The molecule has 1 aromatic rings. The van der Waals surface area contributed by atoms with Crippen molar-refractivity contribution >= 4 is 23.2 Å². The van der Waals surface area contributed by atoms with Crippen LogP contribution in [0.15, 0.2) is 0 Å². The Kier molecular flexibility index (Phi) is 4.62. The Labute approximate surface area is 104 Å². The van der Waals surface area contributed by atoms with E-state index in [9.17, 15) is 9.59 Å². The van der Waals surface area contributed by atoms with Crippen LogP contribution in [0.25, 0.3) is 0 Å². The second-order valence-corrected chi connectivity index (χ2v) is 5.00. The molecule has 1 rings (SSSR count). The van der Waals surface area contributed by atoms with Gasteiger partial charge in [0, 0.05) is 0 Å². The fourth-order valence-electron chi connectivity index (χ4n) is 1.51. The second kappa shape index (κ2) is 5.77. The van der Waals surface area contributed by atoms with Crippen LogP contribution in [0.1, 0.15) is 40.1 Å². The summed E-state index contributed by atoms with van der Waals surface area (Å²) >= 11 is 1.28. The van der Waals surface area contributed by atoms with Gasteiger partial charge in [-0.1, -0.05) is 13.3 Å². The summed E-state index contributed by atoms with van der Waals surface area (Å²) in [5.74, 6) is -1.35. The third-order valence-corrected chi connectivity index (χ3v) is 3.36. The van der Waals surface area contributed by atoms with Gasteiger partial charge in [-0.15, -0.1) is 11.3 Å². The average molecular weight is 256 g/mol. The molecule has 0 spiro atoms. The Hall–Kier alpha value is -1.43. The van der Waals surface area contributed by atoms with Crippen LogP contribution in [0.4, 0.5) is 0 Å². The minimum absolute atomic E-state index is 0.353. The van der Waals surface area contributed by atoms with Gasteiger partial charge in [0.25, 0.3) is 5.91 Å². The summed E-state index contributed by atoms with van der Waals surface area (Å²) in [6, 6.07) is -0.825. The number of aliphatic carboxylic acids is 1. The van der Waals surface area contributed by atoms with E-state index in [0.717, 1.165) is 5.01 Å². The van der Waals surface area contributed by atoms with Crippen molar-refractivity contribution < 1.29 is 14.7 Å². The summed E-state index contributed by atoms with van der Waals surface area (Å²) < 4.78 is 0. The van der Waals surface area contributed by atoms with Crippen molar-refractivity contribution in [1.82, 2.24) is 10.3 Å². The summed E-state index contributed by atoms with van der Waals surface area (Å²) in [5.41, 5.74) is 0.644. The molecule has 1 aromatic heterocycles. The molecule has 5 nitrogen and oxygen atoms in total. The Morgan fingerprint density at radius 3 is 2.53 bits per heavy atom. The van der Waals surface area contributed by atoms with Crippen LogP contribution in [0, 0.1) is 13.8 Å². The quantitative estimate of drug-likeness (QED) is 0.841. The van der Waals surface area contributed by atoms with Crippen molar-refractivity contribution in [1.29, 1.82) is 0 Å². The molecule has 94 valence electrons. The normalized spacial score (nSPS) is 12.2. The Morgan fingerprint density at radius 2 is 2.12 bits per heavy atom. The van der Waals surface area contributed by atoms with Gasteiger partial charge in [-0.3, -0.25) is 4.79 Å². The molecule has 0 aliphatic heterocycles. The summed E-state index contributed by atoms with van der Waals surface area (Å²) in [7, 11) is 0. The first-order chi connectivity index (χ1) is 7.95. The molecule has 1 atom stereocenters. The van der Waals surface area contributed by atoms with E-state index in [1.165, 1.54) is 11.3 Å². The molecular weight excluding hydrogens is 240 g/mol. The van der Waals surface area contributed by atoms with Gasteiger partial charge in [-0.05, 0) is 20.3 Å². The number of hydrogen-bond donors (Lipinski definition) is 2. The number of thiazole rings is 1. The number of nitrogens with one attached hydrogen (secondary N) is 1. The van der Waals surface area contributed by atoms with Crippen molar-refractivity contribution in [3.63, 3.8) is 0 Å². The maximum Gasteiger partial charge on any atom is 0.326 e. The van der Waals surface area contributed by atoms with Crippen LogP contribution >= 0.6 is 11.3 Å². The SMILES string of the molecule is CCC[C@H](NC(=O)c1sc(C)nc1C)C(=O)O. The second-order valence-electron chi connectivity index (χ2n) is 3.80. The predicted octanol–water partition coefficient (Wildman–Crippen LogP) is 1.74. The minimum atomic E-state index is -1.00. The highest BCUT2D eigenvalue weighted by Gasteiger charge is 2.22. The molecule has 1 heterocycles. The Bertz CT molecular complexity index is 428. The summed E-state index contributed by atoms with van der Waals surface area (Å²) in [5, 5.41) is 12.3. The molecule has 2 N–H and O–H groups in total. The van der Waals surface area contributed by atoms with E-state index in [0.29, 0.717) is 23.4 Å². The monoisotopic (exact) mass is 256 g/mol. The highest BCUT2D eigenvalue weighted by atomic mass is 32.1. The van der Waals surface area contributed by atoms with E-state index in [2.05, 4.69) is 10.3 Å². The maximum absolute atomic E-state index is 11.9. The van der Waals surface area contributed by atoms with Crippen LogP contribution in [0.5, 0.6) is 0 Å². The predicted molar refractivity (Wildman–Crippen MR) is 65.4 cm³/mol. The first-order valence-corrected chi connectivity index (χ1v) is 6.25. The molecule has 0 aromatic carbocycles. The van der Waals surface area contributed by atoms with Gasteiger partial charge in [0.1, 0.15) is 10.9 Å². The van der Waals surface area contributed by atoms with E-state index in [-0.39, 0.29) is 5.91 Å². The molecule has 6 heteroatoms. The molecule has 0 saturated carbocycles. The highest BCUT2D eigenvalue weighted by Crippen LogP contribution is 2.17. The van der Waals surface area contributed by atoms with E-state index in [1.807, 2.05) is 13.8 Å². The largest absolute Gasteiger partial charge is 0.480 e. The van der Waals surface area contributed by atoms with E-state index in [1.54, 1.807) is 6.92 Å². The molecule has 0 saturated heterocycles. The van der Waals surface area contributed by atoms with Crippen LogP contribution < -0.4 is 5.32 Å². The summed E-state index contributed by atoms with van der Waals surface area (Å²) in [6.45, 7) is 5.44. The van der Waals surface area contributed by atoms with Crippen LogP contribution in [0.2, 0.25) is 0 Å². The van der Waals surface area contributed by atoms with Gasteiger partial charge in [0.05, 0.1) is 10.7 Å². The van der Waals surface area contributed by atoms with E-state index >= 15 is 0 Å². The first kappa shape index (κ1) is 13.6. The van der Waals surface area contributed by atoms with Gasteiger partial charge in [-0.25, -0.2) is 9.78 Å². The molecule has 17 heavy (non-hydrogen) atoms. The topological polar surface area (TPSA) is 79.3 Å². The number of carbonyl (C=O) groups excluding carboxylic acids is 1. The molecule has 0 aliphatic carbocycles. The maximum atomic E-state index is 11.9. The van der Waals surface area contributed by atoms with Gasteiger partial charge >= 0.3 is 5.97 Å². The number of aromatic nitrogens is 1. The van der Waals surface area contributed by atoms with E-state index in [4.69, 9.17) is 5.11 Å². The molecular formula is C11H16N2O3S. The molecule has 0 fully saturated rings. The fraction of sp³-hybridized carbons (Fsp3) is 0.545. The lowest BCUT2D eigenvalue weighted by molar-refractivity contribution is -0.139. The lowest BCUT2D eigenvalue weighted by atomic mass is 10.1. The van der Waals surface area contributed by atoms with Crippen molar-refractivity contribution in [3.05, 3.63) is 15.6 Å². The zero-order valence-corrected chi connectivity index (χ0v) is 10.9. The standard InChI is InChI=1S/C11H16N2O3S/c1-4-5-8(11(15)16)13-10(14)9-6(2)12-7(3)17-9/h8H,4-5H2,1-3H3,(H,13,14)(H,15,16)/t8-/m0/s1. The van der Waals surface area contributed by atoms with Crippen molar-refractivity contribution in [3.8, 4) is 0 Å². The van der Waals surface area contributed by atoms with Gasteiger partial charge in [0.15, 0.2) is 0 Å². The third kappa shape index (κ3) is 3.52. The lowest BCUT2D eigenvalue weighted by Gasteiger charge is -2.12. The average Bonchev–Trinajstić information content (AvgIpc) is 2.57. The van der Waals surface area contributed by atoms with Crippen molar-refractivity contribution in [2.75, 3.05) is 0 Å². The lowest BCUT2D eigenvalue weighted by Crippen LogP contribution is -2.40. The number of rotatable bonds is 5. The van der Waals surface area contributed by atoms with Gasteiger partial charge in [0.2, 0.25) is 0 Å². The zero-order valence-electron chi connectivity index (χ0n) is 10.1. The first-order valence-electron chi connectivity index (χ1n) is 5.43. The number of carboxylic acids is 1. The number of hydrogen-bond acceptors (Lipinski definition) is 4. The van der Waals surface area contributed by atoms with Crippen molar-refractivity contribution in [2.45, 2.75) is 39.7 Å². The fourth-order valence-corrected chi connectivity index (χ4v) is 2.33. The molecule has 0 unspecified atom stereocenters. The summed E-state index contributed by atoms with van der Waals surface area (Å²) in [6.07, 6.45) is 1.13. The zero-order chi connectivity index (χ0) is 13.0. The number of nitrogens with zero attached hydrogens (tertiary/aromatic N) is 1. The molecule has 1 amide bonds. The number of carbonyl (C=O) groups is 2. The van der Waals surface area contributed by atoms with Gasteiger partial charge < -0.3 is 10.4 Å².